The van der Waals surface area contributed by atoms with Gasteiger partial charge in [0.2, 0.25) is 0 Å². The lowest BCUT2D eigenvalue weighted by molar-refractivity contribution is -0.132. The third-order valence-corrected chi connectivity index (χ3v) is 8.70. The lowest BCUT2D eigenvalue weighted by Gasteiger charge is -2.44. The molecule has 3 aromatic carbocycles. The molecule has 0 unspecified atom stereocenters. The fourth-order valence-electron chi connectivity index (χ4n) is 4.94. The van der Waals surface area contributed by atoms with E-state index in [0.717, 1.165) is 18.4 Å². The Morgan fingerprint density at radius 1 is 1.00 bits per heavy atom. The fraction of sp³-hybridized carbons (Fsp3) is 0.286. The van der Waals surface area contributed by atoms with Gasteiger partial charge in [-0.3, -0.25) is 14.3 Å². The predicted molar refractivity (Wildman–Crippen MR) is 142 cm³/mol. The summed E-state index contributed by atoms with van der Waals surface area (Å²) in [4.78, 5) is 28.6. The molecule has 1 N–H and O–H groups in total. The summed E-state index contributed by atoms with van der Waals surface area (Å²) >= 11 is 6.52. The van der Waals surface area contributed by atoms with Crippen molar-refractivity contribution >= 4 is 39.0 Å². The van der Waals surface area contributed by atoms with Crippen molar-refractivity contribution in [1.82, 2.24) is 4.90 Å². The minimum absolute atomic E-state index is 0.00465. The Balaban J connectivity index is 1.74. The molecule has 8 heteroatoms. The molecule has 1 fully saturated rings. The summed E-state index contributed by atoms with van der Waals surface area (Å²) in [6, 6.07) is 18.7. The zero-order chi connectivity index (χ0) is 26.1. The Hall–Kier alpha value is -3.16. The molecule has 3 aromatic rings. The van der Waals surface area contributed by atoms with Crippen molar-refractivity contribution in [2.75, 3.05) is 11.8 Å². The van der Waals surface area contributed by atoms with Gasteiger partial charge >= 0.3 is 0 Å². The molecule has 0 bridgehead atoms. The normalized spacial score (nSPS) is 18.1. The van der Waals surface area contributed by atoms with Crippen molar-refractivity contribution in [1.29, 1.82) is 0 Å². The third-order valence-electron chi connectivity index (χ3n) is 6.85. The number of benzene rings is 3. The Bertz CT molecular complexity index is 1440. The van der Waals surface area contributed by atoms with E-state index in [1.165, 1.54) is 11.0 Å². The number of sulfonamides is 1. The second kappa shape index (κ2) is 10.1. The van der Waals surface area contributed by atoms with Crippen LogP contribution in [0.3, 0.4) is 0 Å². The van der Waals surface area contributed by atoms with E-state index >= 15 is 0 Å². The van der Waals surface area contributed by atoms with Gasteiger partial charge in [0.1, 0.15) is 5.54 Å². The zero-order valence-corrected chi connectivity index (χ0v) is 22.1. The average molecular weight is 525 g/mol. The highest BCUT2D eigenvalue weighted by atomic mass is 35.5. The molecular weight excluding hydrogens is 496 g/mol. The smallest absolute Gasteiger partial charge is 0.262 e. The number of rotatable bonds is 6. The van der Waals surface area contributed by atoms with E-state index in [1.54, 1.807) is 68.6 Å². The van der Waals surface area contributed by atoms with Crippen molar-refractivity contribution < 1.29 is 18.0 Å². The fourth-order valence-corrected chi connectivity index (χ4v) is 6.55. The minimum atomic E-state index is -3.96. The molecule has 1 aliphatic carbocycles. The van der Waals surface area contributed by atoms with Crippen molar-refractivity contribution in [3.05, 3.63) is 94.0 Å². The Morgan fingerprint density at radius 3 is 2.44 bits per heavy atom. The molecule has 1 atom stereocenters. The number of hydrogen-bond acceptors (Lipinski definition) is 4. The standard InChI is InChI=1S/C28H29ClN2O4S/c1-19-9-8-10-22(17-19)30-36(34,35)25-18-21(15-14-20(25)2)27(33)31(3)28(16-7-6-13-26(28)32)23-11-4-5-12-24(23)29/h4-5,8-12,14-15,17-18,30H,6-7,13,16H2,1-3H3/t28-/m1/s1. The van der Waals surface area contributed by atoms with E-state index in [1.807, 2.05) is 13.0 Å². The summed E-state index contributed by atoms with van der Waals surface area (Å²) < 4.78 is 29.1. The number of likely N-dealkylation sites (N-methyl/N-ethyl adjacent to an activating group) is 1. The van der Waals surface area contributed by atoms with Crippen molar-refractivity contribution in [2.45, 2.75) is 50.0 Å². The van der Waals surface area contributed by atoms with Crippen LogP contribution in [0.1, 0.15) is 52.7 Å². The quantitative estimate of drug-likeness (QED) is 0.437. The first kappa shape index (κ1) is 25.9. The maximum atomic E-state index is 13.8. The van der Waals surface area contributed by atoms with Gasteiger partial charge in [-0.25, -0.2) is 8.42 Å². The maximum Gasteiger partial charge on any atom is 0.262 e. The first-order chi connectivity index (χ1) is 17.1. The molecule has 1 aliphatic rings. The topological polar surface area (TPSA) is 83.6 Å². The van der Waals surface area contributed by atoms with Crippen LogP contribution < -0.4 is 4.72 Å². The van der Waals surface area contributed by atoms with Crippen molar-refractivity contribution in [3.63, 3.8) is 0 Å². The number of carbonyl (C=O) groups excluding carboxylic acids is 2. The Labute approximate surface area is 217 Å². The summed E-state index contributed by atoms with van der Waals surface area (Å²) in [6.45, 7) is 3.55. The number of carbonyl (C=O) groups is 2. The number of aryl methyl sites for hydroxylation is 2. The molecule has 0 radical (unpaired) electrons. The molecular formula is C28H29ClN2O4S. The largest absolute Gasteiger partial charge is 0.325 e. The van der Waals surface area contributed by atoms with E-state index < -0.39 is 21.5 Å². The molecule has 0 heterocycles. The van der Waals surface area contributed by atoms with Crippen molar-refractivity contribution in [2.24, 2.45) is 0 Å². The van der Waals surface area contributed by atoms with Crippen LogP contribution in [0, 0.1) is 13.8 Å². The molecule has 4 rings (SSSR count). The van der Waals surface area contributed by atoms with Gasteiger partial charge < -0.3 is 4.90 Å². The lowest BCUT2D eigenvalue weighted by Crippen LogP contribution is -2.54. The Morgan fingerprint density at radius 2 is 1.75 bits per heavy atom. The molecule has 0 spiro atoms. The SMILES string of the molecule is Cc1cccc(NS(=O)(=O)c2cc(C(=O)N(C)[C@@]3(c4ccccc4Cl)CCCCC3=O)ccc2C)c1. The first-order valence-electron chi connectivity index (χ1n) is 11.8. The number of halogens is 1. The van der Waals surface area contributed by atoms with Crippen LogP contribution in [0.4, 0.5) is 5.69 Å². The minimum Gasteiger partial charge on any atom is -0.325 e. The van der Waals surface area contributed by atoms with Crippen LogP contribution in [0.25, 0.3) is 0 Å². The molecule has 1 amide bonds. The van der Waals surface area contributed by atoms with E-state index in [2.05, 4.69) is 4.72 Å². The maximum absolute atomic E-state index is 13.8. The van der Waals surface area contributed by atoms with Gasteiger partial charge in [-0.05, 0) is 74.6 Å². The van der Waals surface area contributed by atoms with Gasteiger partial charge in [0.25, 0.3) is 15.9 Å². The van der Waals surface area contributed by atoms with Crippen molar-refractivity contribution in [3.8, 4) is 0 Å². The summed E-state index contributed by atoms with van der Waals surface area (Å²) in [7, 11) is -2.37. The third kappa shape index (κ3) is 4.77. The van der Waals surface area contributed by atoms with Gasteiger partial charge in [-0.2, -0.15) is 0 Å². The van der Waals surface area contributed by atoms with Gasteiger partial charge in [0, 0.05) is 35.3 Å². The summed E-state index contributed by atoms with van der Waals surface area (Å²) in [5.74, 6) is -0.518. The molecule has 1 saturated carbocycles. The van der Waals surface area contributed by atoms with Crippen LogP contribution >= 0.6 is 11.6 Å². The van der Waals surface area contributed by atoms with E-state index in [9.17, 15) is 18.0 Å². The van der Waals surface area contributed by atoms with Crippen LogP contribution in [0.2, 0.25) is 5.02 Å². The summed E-state index contributed by atoms with van der Waals surface area (Å²) in [5.41, 5.74) is 1.42. The zero-order valence-electron chi connectivity index (χ0n) is 20.5. The van der Waals surface area contributed by atoms with Crippen LogP contribution in [0.5, 0.6) is 0 Å². The van der Waals surface area contributed by atoms with E-state index in [-0.39, 0.29) is 16.2 Å². The lowest BCUT2D eigenvalue weighted by atomic mass is 9.74. The highest BCUT2D eigenvalue weighted by Crippen LogP contribution is 2.43. The van der Waals surface area contributed by atoms with Gasteiger partial charge in [-0.15, -0.1) is 0 Å². The second-order valence-corrected chi connectivity index (χ2v) is 11.3. The van der Waals surface area contributed by atoms with Crippen LogP contribution in [-0.2, 0) is 20.4 Å². The highest BCUT2D eigenvalue weighted by molar-refractivity contribution is 7.92. The molecule has 188 valence electrons. The van der Waals surface area contributed by atoms with Gasteiger partial charge in [0.05, 0.1) is 4.90 Å². The molecule has 6 nitrogen and oxygen atoms in total. The molecule has 0 aromatic heterocycles. The average Bonchev–Trinajstić information content (AvgIpc) is 2.84. The summed E-state index contributed by atoms with van der Waals surface area (Å²) in [6.07, 6.45) is 2.31. The Kier molecular flexibility index (Phi) is 7.25. The highest BCUT2D eigenvalue weighted by Gasteiger charge is 2.48. The number of ketones is 1. The van der Waals surface area contributed by atoms with Crippen LogP contribution in [-0.4, -0.2) is 32.1 Å². The first-order valence-corrected chi connectivity index (χ1v) is 13.7. The number of hydrogen-bond donors (Lipinski definition) is 1. The number of Topliss-reactive ketones (excluding diaryl/α,β-unsaturated/α-hetero) is 1. The number of nitrogens with zero attached hydrogens (tertiary/aromatic N) is 1. The summed E-state index contributed by atoms with van der Waals surface area (Å²) in [5, 5.41) is 0.418. The molecule has 0 saturated heterocycles. The molecule has 0 aliphatic heterocycles. The number of nitrogens with one attached hydrogen (secondary N) is 1. The van der Waals surface area contributed by atoms with E-state index in [4.69, 9.17) is 11.6 Å². The number of anilines is 1. The van der Waals surface area contributed by atoms with Gasteiger partial charge in [-0.1, -0.05) is 48.0 Å². The second-order valence-electron chi connectivity index (χ2n) is 9.29. The predicted octanol–water partition coefficient (Wildman–Crippen LogP) is 5.87. The van der Waals surface area contributed by atoms with E-state index in [0.29, 0.717) is 34.7 Å². The molecule has 36 heavy (non-hydrogen) atoms. The van der Waals surface area contributed by atoms with Crippen LogP contribution in [0.15, 0.2) is 71.6 Å². The monoisotopic (exact) mass is 524 g/mol. The van der Waals surface area contributed by atoms with Gasteiger partial charge in [0.15, 0.2) is 5.78 Å². The number of amides is 1.